The van der Waals surface area contributed by atoms with Crippen molar-refractivity contribution in [1.29, 1.82) is 0 Å². The number of hydrogen-bond acceptors (Lipinski definition) is 4. The first-order valence-corrected chi connectivity index (χ1v) is 10.9. The molecule has 0 radical (unpaired) electrons. The van der Waals surface area contributed by atoms with E-state index in [0.29, 0.717) is 16.8 Å². The first-order valence-electron chi connectivity index (χ1n) is 10.9. The van der Waals surface area contributed by atoms with E-state index in [2.05, 4.69) is 10.6 Å². The second kappa shape index (κ2) is 9.64. The summed E-state index contributed by atoms with van der Waals surface area (Å²) in [5, 5.41) is 5.90. The molecule has 31 heavy (non-hydrogen) atoms. The summed E-state index contributed by atoms with van der Waals surface area (Å²) in [5.41, 5.74) is 2.73. The van der Waals surface area contributed by atoms with Gasteiger partial charge in [-0.15, -0.1) is 0 Å². The van der Waals surface area contributed by atoms with Gasteiger partial charge in [-0.3, -0.25) is 14.4 Å². The highest BCUT2D eigenvalue weighted by molar-refractivity contribution is 5.97. The van der Waals surface area contributed by atoms with Crippen LogP contribution in [0, 0.1) is 0 Å². The predicted molar refractivity (Wildman–Crippen MR) is 120 cm³/mol. The maximum absolute atomic E-state index is 12.4. The highest BCUT2D eigenvalue weighted by Gasteiger charge is 2.20. The fourth-order valence-electron chi connectivity index (χ4n) is 4.02. The van der Waals surface area contributed by atoms with Gasteiger partial charge in [-0.25, -0.2) is 0 Å². The molecule has 0 aromatic heterocycles. The van der Waals surface area contributed by atoms with Gasteiger partial charge in [0.2, 0.25) is 5.91 Å². The first-order chi connectivity index (χ1) is 15.1. The van der Waals surface area contributed by atoms with Gasteiger partial charge in [0.1, 0.15) is 0 Å². The molecule has 0 aliphatic carbocycles. The molecule has 0 spiro atoms. The lowest BCUT2D eigenvalue weighted by Gasteiger charge is -2.16. The average Bonchev–Trinajstić information content (AvgIpc) is 3.52. The molecule has 3 amide bonds. The largest absolute Gasteiger partial charge is 0.376 e. The van der Waals surface area contributed by atoms with E-state index in [9.17, 15) is 14.4 Å². The van der Waals surface area contributed by atoms with Crippen LogP contribution in [0.3, 0.4) is 0 Å². The van der Waals surface area contributed by atoms with E-state index < -0.39 is 0 Å². The maximum Gasteiger partial charge on any atom is 0.253 e. The minimum Gasteiger partial charge on any atom is -0.376 e. The summed E-state index contributed by atoms with van der Waals surface area (Å²) in [6.07, 6.45) is 4.25. The van der Waals surface area contributed by atoms with E-state index in [1.807, 2.05) is 21.9 Å². The molecule has 2 aromatic carbocycles. The molecular formula is C24H28N4O3. The highest BCUT2D eigenvalue weighted by atomic mass is 16.2. The summed E-state index contributed by atoms with van der Waals surface area (Å²) in [6, 6.07) is 14.2. The van der Waals surface area contributed by atoms with Gasteiger partial charge >= 0.3 is 0 Å². The van der Waals surface area contributed by atoms with Gasteiger partial charge in [-0.1, -0.05) is 0 Å². The second-order valence-electron chi connectivity index (χ2n) is 8.06. The fraction of sp³-hybridized carbons (Fsp3) is 0.375. The Hall–Kier alpha value is -3.35. The SMILES string of the molecule is O=C(CNc1ccc(C(=O)N2CCCC2)cc1)Nc1ccc(C(=O)N2CCCC2)cc1. The Morgan fingerprint density at radius 1 is 0.645 bits per heavy atom. The maximum atomic E-state index is 12.4. The molecule has 0 unspecified atom stereocenters. The Labute approximate surface area is 182 Å². The van der Waals surface area contributed by atoms with E-state index in [-0.39, 0.29) is 24.3 Å². The number of amides is 3. The third kappa shape index (κ3) is 5.23. The summed E-state index contributed by atoms with van der Waals surface area (Å²) in [7, 11) is 0. The van der Waals surface area contributed by atoms with Crippen LogP contribution in [0.2, 0.25) is 0 Å². The summed E-state index contributed by atoms with van der Waals surface area (Å²) in [4.78, 5) is 40.8. The second-order valence-corrected chi connectivity index (χ2v) is 8.06. The van der Waals surface area contributed by atoms with Crippen molar-refractivity contribution in [3.05, 3.63) is 59.7 Å². The molecule has 2 saturated heterocycles. The van der Waals surface area contributed by atoms with Crippen LogP contribution in [-0.2, 0) is 4.79 Å². The van der Waals surface area contributed by atoms with Crippen LogP contribution in [0.5, 0.6) is 0 Å². The molecule has 0 saturated carbocycles. The number of nitrogens with one attached hydrogen (secondary N) is 2. The summed E-state index contributed by atoms with van der Waals surface area (Å²) < 4.78 is 0. The molecule has 2 aliphatic rings. The fourth-order valence-corrected chi connectivity index (χ4v) is 4.02. The highest BCUT2D eigenvalue weighted by Crippen LogP contribution is 2.17. The molecule has 4 rings (SSSR count). The molecular weight excluding hydrogens is 392 g/mol. The Bertz CT molecular complexity index is 928. The number of carbonyl (C=O) groups excluding carboxylic acids is 3. The van der Waals surface area contributed by atoms with Crippen molar-refractivity contribution in [2.45, 2.75) is 25.7 Å². The molecule has 2 heterocycles. The zero-order chi connectivity index (χ0) is 21.6. The van der Waals surface area contributed by atoms with Crippen LogP contribution in [0.15, 0.2) is 48.5 Å². The molecule has 2 aliphatic heterocycles. The van der Waals surface area contributed by atoms with Gasteiger partial charge < -0.3 is 20.4 Å². The van der Waals surface area contributed by atoms with E-state index in [0.717, 1.165) is 57.5 Å². The summed E-state index contributed by atoms with van der Waals surface area (Å²) in [6.45, 7) is 3.39. The number of benzene rings is 2. The van der Waals surface area contributed by atoms with Crippen LogP contribution in [0.4, 0.5) is 11.4 Å². The number of nitrogens with zero attached hydrogens (tertiary/aromatic N) is 2. The first kappa shape index (κ1) is 20.9. The van der Waals surface area contributed by atoms with Crippen LogP contribution in [0.1, 0.15) is 46.4 Å². The lowest BCUT2D eigenvalue weighted by molar-refractivity contribution is -0.114. The average molecular weight is 421 g/mol. The number of hydrogen-bond donors (Lipinski definition) is 2. The third-order valence-corrected chi connectivity index (χ3v) is 5.79. The monoisotopic (exact) mass is 420 g/mol. The Kier molecular flexibility index (Phi) is 6.50. The molecule has 2 fully saturated rings. The van der Waals surface area contributed by atoms with Crippen molar-refractivity contribution >= 4 is 29.1 Å². The number of rotatable bonds is 6. The van der Waals surface area contributed by atoms with Crippen molar-refractivity contribution in [1.82, 2.24) is 9.80 Å². The van der Waals surface area contributed by atoms with Gasteiger partial charge in [0.15, 0.2) is 0 Å². The van der Waals surface area contributed by atoms with E-state index in [4.69, 9.17) is 0 Å². The van der Waals surface area contributed by atoms with Crippen molar-refractivity contribution in [2.24, 2.45) is 0 Å². The zero-order valence-corrected chi connectivity index (χ0v) is 17.6. The van der Waals surface area contributed by atoms with Gasteiger partial charge in [-0.05, 0) is 74.2 Å². The lowest BCUT2D eigenvalue weighted by atomic mass is 10.1. The molecule has 2 N–H and O–H groups in total. The van der Waals surface area contributed by atoms with Gasteiger partial charge in [0, 0.05) is 48.7 Å². The van der Waals surface area contributed by atoms with Crippen molar-refractivity contribution < 1.29 is 14.4 Å². The molecule has 0 bridgehead atoms. The minimum atomic E-state index is -0.184. The molecule has 162 valence electrons. The van der Waals surface area contributed by atoms with Crippen molar-refractivity contribution in [2.75, 3.05) is 43.4 Å². The zero-order valence-electron chi connectivity index (χ0n) is 17.6. The van der Waals surface area contributed by atoms with E-state index in [1.54, 1.807) is 36.4 Å². The Balaban J connectivity index is 1.25. The topological polar surface area (TPSA) is 81.8 Å². The normalized spacial score (nSPS) is 15.7. The minimum absolute atomic E-state index is 0.0451. The van der Waals surface area contributed by atoms with Crippen LogP contribution >= 0.6 is 0 Å². The van der Waals surface area contributed by atoms with Gasteiger partial charge in [0.05, 0.1) is 6.54 Å². The third-order valence-electron chi connectivity index (χ3n) is 5.79. The van der Waals surface area contributed by atoms with E-state index in [1.165, 1.54) is 0 Å². The standard InChI is InChI=1S/C24H28N4O3/c29-22(26-21-11-7-19(8-12-21)24(31)28-15-3-4-16-28)17-25-20-9-5-18(6-10-20)23(30)27-13-1-2-14-27/h5-12,25H,1-4,13-17H2,(H,26,29). The number of anilines is 2. The summed E-state index contributed by atoms with van der Waals surface area (Å²) in [5.74, 6) is -0.0759. The van der Waals surface area contributed by atoms with Crippen LogP contribution < -0.4 is 10.6 Å². The number of carbonyl (C=O) groups is 3. The lowest BCUT2D eigenvalue weighted by Crippen LogP contribution is -2.27. The van der Waals surface area contributed by atoms with Crippen LogP contribution in [0.25, 0.3) is 0 Å². The molecule has 7 nitrogen and oxygen atoms in total. The number of likely N-dealkylation sites (tertiary alicyclic amines) is 2. The smallest absolute Gasteiger partial charge is 0.253 e. The molecule has 2 aromatic rings. The van der Waals surface area contributed by atoms with Crippen LogP contribution in [-0.4, -0.2) is 60.2 Å². The van der Waals surface area contributed by atoms with Crippen molar-refractivity contribution in [3.8, 4) is 0 Å². The quantitative estimate of drug-likeness (QED) is 0.752. The Morgan fingerprint density at radius 3 is 1.52 bits per heavy atom. The molecule has 0 atom stereocenters. The van der Waals surface area contributed by atoms with E-state index >= 15 is 0 Å². The van der Waals surface area contributed by atoms with Gasteiger partial charge in [0.25, 0.3) is 11.8 Å². The van der Waals surface area contributed by atoms with Crippen molar-refractivity contribution in [3.63, 3.8) is 0 Å². The predicted octanol–water partition coefficient (Wildman–Crippen LogP) is 3.21. The van der Waals surface area contributed by atoms with Gasteiger partial charge in [-0.2, -0.15) is 0 Å². The Morgan fingerprint density at radius 2 is 1.06 bits per heavy atom. The summed E-state index contributed by atoms with van der Waals surface area (Å²) >= 11 is 0. The molecule has 7 heteroatoms.